The zero-order valence-electron chi connectivity index (χ0n) is 11.8. The standard InChI is InChI=1S/C17H16ClN3/c1-21-16-7-6-12(18)9-15(16)20-17(21)8-11-10-19-14-5-3-2-4-13(11)14/h2-7,9,11,19H,8,10H2,1H3. The number of nitrogens with zero attached hydrogens (tertiary/aromatic N) is 2. The van der Waals surface area contributed by atoms with Crippen LogP contribution in [0.3, 0.4) is 0 Å². The molecule has 1 atom stereocenters. The molecule has 2 heterocycles. The third-order valence-corrected chi connectivity index (χ3v) is 4.54. The first-order valence-corrected chi connectivity index (χ1v) is 7.54. The molecule has 0 aliphatic carbocycles. The zero-order valence-corrected chi connectivity index (χ0v) is 12.6. The van der Waals surface area contributed by atoms with Crippen LogP contribution < -0.4 is 5.32 Å². The number of nitrogens with one attached hydrogen (secondary N) is 1. The number of aromatic nitrogens is 2. The van der Waals surface area contributed by atoms with Crippen LogP contribution in [0.15, 0.2) is 42.5 Å². The predicted molar refractivity (Wildman–Crippen MR) is 87.1 cm³/mol. The Morgan fingerprint density at radius 1 is 1.29 bits per heavy atom. The number of hydrogen-bond acceptors (Lipinski definition) is 2. The van der Waals surface area contributed by atoms with Crippen molar-refractivity contribution in [3.05, 3.63) is 58.9 Å². The number of aryl methyl sites for hydroxylation is 1. The number of hydrogen-bond donors (Lipinski definition) is 1. The minimum Gasteiger partial charge on any atom is -0.384 e. The maximum Gasteiger partial charge on any atom is 0.110 e. The second-order valence-corrected chi connectivity index (χ2v) is 6.03. The number of benzene rings is 2. The number of halogens is 1. The average Bonchev–Trinajstić information content (AvgIpc) is 3.02. The lowest BCUT2D eigenvalue weighted by Crippen LogP contribution is -2.09. The molecule has 1 N–H and O–H groups in total. The Bertz CT molecular complexity index is 822. The van der Waals surface area contributed by atoms with Crippen LogP contribution in [-0.2, 0) is 13.5 Å². The quantitative estimate of drug-likeness (QED) is 0.775. The van der Waals surface area contributed by atoms with Crippen LogP contribution >= 0.6 is 11.6 Å². The summed E-state index contributed by atoms with van der Waals surface area (Å²) in [4.78, 5) is 4.76. The van der Waals surface area contributed by atoms with Crippen LogP contribution in [0.5, 0.6) is 0 Å². The highest BCUT2D eigenvalue weighted by atomic mass is 35.5. The van der Waals surface area contributed by atoms with E-state index in [4.69, 9.17) is 16.6 Å². The Kier molecular flexibility index (Phi) is 2.89. The van der Waals surface area contributed by atoms with E-state index in [0.717, 1.165) is 34.8 Å². The van der Waals surface area contributed by atoms with E-state index in [9.17, 15) is 0 Å². The second kappa shape index (κ2) is 4.78. The van der Waals surface area contributed by atoms with Gasteiger partial charge in [-0.1, -0.05) is 29.8 Å². The van der Waals surface area contributed by atoms with Crippen molar-refractivity contribution in [3.8, 4) is 0 Å². The van der Waals surface area contributed by atoms with Gasteiger partial charge >= 0.3 is 0 Å². The molecular formula is C17H16ClN3. The summed E-state index contributed by atoms with van der Waals surface area (Å²) in [5.74, 6) is 1.59. The summed E-state index contributed by atoms with van der Waals surface area (Å²) in [6.07, 6.45) is 0.937. The SMILES string of the molecule is Cn1c(CC2CNc3ccccc32)nc2cc(Cl)ccc21. The molecule has 4 heteroatoms. The summed E-state index contributed by atoms with van der Waals surface area (Å²) in [6.45, 7) is 0.976. The third kappa shape index (κ3) is 2.09. The van der Waals surface area contributed by atoms with Crippen LogP contribution in [0.1, 0.15) is 17.3 Å². The fourth-order valence-corrected chi connectivity index (χ4v) is 3.33. The lowest BCUT2D eigenvalue weighted by atomic mass is 9.98. The Balaban J connectivity index is 1.71. The van der Waals surface area contributed by atoms with Gasteiger partial charge in [0.15, 0.2) is 0 Å². The molecule has 0 saturated carbocycles. The molecule has 0 fully saturated rings. The summed E-state index contributed by atoms with van der Waals surface area (Å²) in [7, 11) is 2.08. The highest BCUT2D eigenvalue weighted by Crippen LogP contribution is 2.33. The fourth-order valence-electron chi connectivity index (χ4n) is 3.17. The molecule has 1 aliphatic heterocycles. The zero-order chi connectivity index (χ0) is 14.4. The van der Waals surface area contributed by atoms with Gasteiger partial charge in [0.05, 0.1) is 11.0 Å². The van der Waals surface area contributed by atoms with E-state index < -0.39 is 0 Å². The van der Waals surface area contributed by atoms with Gasteiger partial charge in [-0.3, -0.25) is 0 Å². The van der Waals surface area contributed by atoms with Gasteiger partial charge in [0.1, 0.15) is 5.82 Å². The van der Waals surface area contributed by atoms with E-state index in [0.29, 0.717) is 5.92 Å². The number of para-hydroxylation sites is 1. The Morgan fingerprint density at radius 2 is 2.14 bits per heavy atom. The lowest BCUT2D eigenvalue weighted by molar-refractivity contribution is 0.686. The van der Waals surface area contributed by atoms with Gasteiger partial charge < -0.3 is 9.88 Å². The molecule has 0 radical (unpaired) electrons. The van der Waals surface area contributed by atoms with E-state index in [-0.39, 0.29) is 0 Å². The summed E-state index contributed by atoms with van der Waals surface area (Å²) in [5, 5.41) is 4.21. The lowest BCUT2D eigenvalue weighted by Gasteiger charge is -2.10. The summed E-state index contributed by atoms with van der Waals surface area (Å²) in [5.41, 5.74) is 4.75. The minimum atomic E-state index is 0.479. The summed E-state index contributed by atoms with van der Waals surface area (Å²) in [6, 6.07) is 14.4. The average molecular weight is 298 g/mol. The maximum atomic E-state index is 6.06. The van der Waals surface area contributed by atoms with Crippen molar-refractivity contribution in [1.29, 1.82) is 0 Å². The summed E-state index contributed by atoms with van der Waals surface area (Å²) < 4.78 is 2.17. The van der Waals surface area contributed by atoms with E-state index in [2.05, 4.69) is 41.2 Å². The van der Waals surface area contributed by atoms with Gasteiger partial charge in [-0.2, -0.15) is 0 Å². The largest absolute Gasteiger partial charge is 0.384 e. The molecule has 4 rings (SSSR count). The molecule has 1 aliphatic rings. The second-order valence-electron chi connectivity index (χ2n) is 5.59. The van der Waals surface area contributed by atoms with Gasteiger partial charge in [0.2, 0.25) is 0 Å². The molecule has 0 bridgehead atoms. The Morgan fingerprint density at radius 3 is 3.05 bits per heavy atom. The van der Waals surface area contributed by atoms with Crippen LogP contribution in [0, 0.1) is 0 Å². The molecule has 2 aromatic carbocycles. The van der Waals surface area contributed by atoms with Crippen molar-refractivity contribution in [1.82, 2.24) is 9.55 Å². The van der Waals surface area contributed by atoms with Crippen molar-refractivity contribution in [3.63, 3.8) is 0 Å². The van der Waals surface area contributed by atoms with Gasteiger partial charge in [-0.05, 0) is 29.8 Å². The van der Waals surface area contributed by atoms with Crippen molar-refractivity contribution in [2.75, 3.05) is 11.9 Å². The molecule has 0 spiro atoms. The van der Waals surface area contributed by atoms with Crippen molar-refractivity contribution in [2.24, 2.45) is 7.05 Å². The van der Waals surface area contributed by atoms with Gasteiger partial charge in [-0.15, -0.1) is 0 Å². The third-order valence-electron chi connectivity index (χ3n) is 4.30. The van der Waals surface area contributed by atoms with Crippen LogP contribution in [-0.4, -0.2) is 16.1 Å². The predicted octanol–water partition coefficient (Wildman–Crippen LogP) is 3.98. The van der Waals surface area contributed by atoms with Crippen molar-refractivity contribution < 1.29 is 0 Å². The number of anilines is 1. The van der Waals surface area contributed by atoms with Crippen LogP contribution in [0.2, 0.25) is 5.02 Å². The van der Waals surface area contributed by atoms with Gasteiger partial charge in [0, 0.05) is 36.6 Å². The van der Waals surface area contributed by atoms with Crippen molar-refractivity contribution in [2.45, 2.75) is 12.3 Å². The fraction of sp³-hybridized carbons (Fsp3) is 0.235. The number of fused-ring (bicyclic) bond motifs is 2. The van der Waals surface area contributed by atoms with E-state index in [1.165, 1.54) is 11.3 Å². The van der Waals surface area contributed by atoms with Gasteiger partial charge in [-0.25, -0.2) is 4.98 Å². The van der Waals surface area contributed by atoms with Crippen molar-refractivity contribution >= 4 is 28.3 Å². The summed E-state index contributed by atoms with van der Waals surface area (Å²) >= 11 is 6.06. The van der Waals surface area contributed by atoms with E-state index >= 15 is 0 Å². The molecular weight excluding hydrogens is 282 g/mol. The smallest absolute Gasteiger partial charge is 0.110 e. The van der Waals surface area contributed by atoms with E-state index in [1.807, 2.05) is 18.2 Å². The Labute approximate surface area is 128 Å². The Hall–Kier alpha value is -2.00. The number of rotatable bonds is 2. The van der Waals surface area contributed by atoms with E-state index in [1.54, 1.807) is 0 Å². The highest BCUT2D eigenvalue weighted by molar-refractivity contribution is 6.31. The highest BCUT2D eigenvalue weighted by Gasteiger charge is 2.23. The van der Waals surface area contributed by atoms with Crippen LogP contribution in [0.25, 0.3) is 11.0 Å². The molecule has 3 aromatic rings. The first kappa shape index (κ1) is 12.7. The molecule has 21 heavy (non-hydrogen) atoms. The molecule has 0 saturated heterocycles. The number of imidazole rings is 1. The van der Waals surface area contributed by atoms with Gasteiger partial charge in [0.25, 0.3) is 0 Å². The molecule has 0 amide bonds. The van der Waals surface area contributed by atoms with Crippen LogP contribution in [0.4, 0.5) is 5.69 Å². The molecule has 1 aromatic heterocycles. The topological polar surface area (TPSA) is 29.9 Å². The first-order chi connectivity index (χ1) is 10.2. The molecule has 1 unspecified atom stereocenters. The first-order valence-electron chi connectivity index (χ1n) is 7.16. The maximum absolute atomic E-state index is 6.06. The minimum absolute atomic E-state index is 0.479. The molecule has 106 valence electrons. The monoisotopic (exact) mass is 297 g/mol. The molecule has 3 nitrogen and oxygen atoms in total. The normalized spacial score (nSPS) is 17.0.